The summed E-state index contributed by atoms with van der Waals surface area (Å²) in [5, 5.41) is 2.93. The van der Waals surface area contributed by atoms with E-state index >= 15 is 0 Å². The molecule has 1 saturated heterocycles. The molecule has 0 aromatic heterocycles. The number of carbonyl (C=O) groups excluding carboxylic acids is 4. The molecule has 3 fully saturated rings. The van der Waals surface area contributed by atoms with Crippen LogP contribution in [0.25, 0.3) is 0 Å². The lowest BCUT2D eigenvalue weighted by atomic mass is 9.81. The Bertz CT molecular complexity index is 581. The Balaban J connectivity index is 1.39. The molecule has 4 atom stereocenters. The summed E-state index contributed by atoms with van der Waals surface area (Å²) < 4.78 is 5.03. The first kappa shape index (κ1) is 19.8. The summed E-state index contributed by atoms with van der Waals surface area (Å²) in [5.41, 5.74) is 0. The van der Waals surface area contributed by atoms with Crippen molar-refractivity contribution < 1.29 is 23.9 Å². The lowest BCUT2D eigenvalue weighted by Gasteiger charge is -2.29. The second-order valence-corrected chi connectivity index (χ2v) is 8.17. The average Bonchev–Trinajstić information content (AvgIpc) is 2.91. The van der Waals surface area contributed by atoms with Gasteiger partial charge in [0.25, 0.3) is 5.91 Å². The van der Waals surface area contributed by atoms with Gasteiger partial charge >= 0.3 is 5.97 Å². The van der Waals surface area contributed by atoms with Crippen LogP contribution in [-0.2, 0) is 23.9 Å². The third-order valence-corrected chi connectivity index (χ3v) is 6.29. The molecule has 2 aliphatic carbocycles. The average molecular weight is 378 g/mol. The van der Waals surface area contributed by atoms with Crippen molar-refractivity contribution in [3.05, 3.63) is 0 Å². The van der Waals surface area contributed by atoms with Crippen molar-refractivity contribution in [1.29, 1.82) is 0 Å². The van der Waals surface area contributed by atoms with Crippen LogP contribution >= 0.6 is 0 Å². The fourth-order valence-electron chi connectivity index (χ4n) is 4.65. The predicted octanol–water partition coefficient (Wildman–Crippen LogP) is 1.79. The summed E-state index contributed by atoms with van der Waals surface area (Å²) in [5.74, 6) is -1.12. The van der Waals surface area contributed by atoms with E-state index in [1.54, 1.807) is 0 Å². The lowest BCUT2D eigenvalue weighted by Crippen LogP contribution is -2.43. The number of fused-ring (bicyclic) bond motifs is 1. The molecule has 0 aromatic rings. The van der Waals surface area contributed by atoms with Gasteiger partial charge in [0.2, 0.25) is 11.8 Å². The molecule has 3 amide bonds. The zero-order valence-corrected chi connectivity index (χ0v) is 16.1. The summed E-state index contributed by atoms with van der Waals surface area (Å²) in [4.78, 5) is 49.9. The Morgan fingerprint density at radius 3 is 2.22 bits per heavy atom. The van der Waals surface area contributed by atoms with Crippen molar-refractivity contribution in [2.45, 2.75) is 70.8 Å². The van der Waals surface area contributed by atoms with Crippen molar-refractivity contribution in [3.63, 3.8) is 0 Å². The number of carbonyl (C=O) groups is 4. The quantitative estimate of drug-likeness (QED) is 0.562. The van der Waals surface area contributed by atoms with E-state index in [0.29, 0.717) is 5.92 Å². The summed E-state index contributed by atoms with van der Waals surface area (Å²) in [6.45, 7) is 1.86. The van der Waals surface area contributed by atoms with Crippen molar-refractivity contribution in [1.82, 2.24) is 10.2 Å². The van der Waals surface area contributed by atoms with Crippen molar-refractivity contribution >= 4 is 23.7 Å². The van der Waals surface area contributed by atoms with Gasteiger partial charge in [-0.1, -0.05) is 32.6 Å². The van der Waals surface area contributed by atoms with Gasteiger partial charge in [0.15, 0.2) is 6.61 Å². The second kappa shape index (κ2) is 8.85. The molecule has 27 heavy (non-hydrogen) atoms. The molecule has 2 saturated carbocycles. The van der Waals surface area contributed by atoms with E-state index in [2.05, 4.69) is 12.2 Å². The first-order valence-corrected chi connectivity index (χ1v) is 10.3. The lowest BCUT2D eigenvalue weighted by molar-refractivity contribution is -0.150. The second-order valence-electron chi connectivity index (χ2n) is 8.17. The first-order valence-electron chi connectivity index (χ1n) is 10.3. The van der Waals surface area contributed by atoms with Crippen LogP contribution in [0.5, 0.6) is 0 Å². The van der Waals surface area contributed by atoms with Crippen LogP contribution in [0, 0.1) is 17.8 Å². The minimum absolute atomic E-state index is 0.0464. The molecule has 7 nitrogen and oxygen atoms in total. The third kappa shape index (κ3) is 4.68. The highest BCUT2D eigenvalue weighted by Gasteiger charge is 2.47. The molecule has 1 heterocycles. The molecule has 7 heteroatoms. The maximum atomic E-state index is 12.4. The topological polar surface area (TPSA) is 92.8 Å². The van der Waals surface area contributed by atoms with E-state index in [-0.39, 0.29) is 55.2 Å². The number of hydrogen-bond donors (Lipinski definition) is 1. The van der Waals surface area contributed by atoms with Gasteiger partial charge in [-0.2, -0.15) is 0 Å². The molecular formula is C20H30N2O5. The molecule has 0 bridgehead atoms. The van der Waals surface area contributed by atoms with Crippen molar-refractivity contribution in [2.24, 2.45) is 17.8 Å². The summed E-state index contributed by atoms with van der Waals surface area (Å²) in [6.07, 6.45) is 7.77. The standard InChI is InChI=1S/C20H30N2O5/c1-13-6-2-5-9-16(13)21-17(23)12-27-18(24)10-11-22-19(25)14-7-3-4-8-15(14)20(22)26/h13-16H,2-12H2,1H3,(H,21,23)/t13-,14-,15+,16-/m0/s1. The van der Waals surface area contributed by atoms with Gasteiger partial charge < -0.3 is 10.1 Å². The highest BCUT2D eigenvalue weighted by molar-refractivity contribution is 6.05. The molecule has 3 aliphatic rings. The molecular weight excluding hydrogens is 348 g/mol. The van der Waals surface area contributed by atoms with Gasteiger partial charge in [-0.05, 0) is 31.6 Å². The Labute approximate surface area is 160 Å². The number of ether oxygens (including phenoxy) is 1. The summed E-state index contributed by atoms with van der Waals surface area (Å²) in [7, 11) is 0. The summed E-state index contributed by atoms with van der Waals surface area (Å²) >= 11 is 0. The predicted molar refractivity (Wildman–Crippen MR) is 97.3 cm³/mol. The normalized spacial score (nSPS) is 30.8. The number of nitrogens with zero attached hydrogens (tertiary/aromatic N) is 1. The Hall–Kier alpha value is -1.92. The number of esters is 1. The number of nitrogens with one attached hydrogen (secondary N) is 1. The molecule has 0 radical (unpaired) electrons. The number of imide groups is 1. The van der Waals surface area contributed by atoms with Gasteiger partial charge in [-0.25, -0.2) is 0 Å². The number of hydrogen-bond acceptors (Lipinski definition) is 5. The zero-order valence-electron chi connectivity index (χ0n) is 16.1. The van der Waals surface area contributed by atoms with E-state index < -0.39 is 5.97 Å². The van der Waals surface area contributed by atoms with Crippen LogP contribution in [0.2, 0.25) is 0 Å². The van der Waals surface area contributed by atoms with E-state index in [0.717, 1.165) is 44.9 Å². The highest BCUT2D eigenvalue weighted by Crippen LogP contribution is 2.37. The van der Waals surface area contributed by atoms with Gasteiger partial charge in [-0.3, -0.25) is 24.1 Å². The van der Waals surface area contributed by atoms with Crippen LogP contribution in [-0.4, -0.2) is 47.8 Å². The minimum Gasteiger partial charge on any atom is -0.456 e. The molecule has 150 valence electrons. The highest BCUT2D eigenvalue weighted by atomic mass is 16.5. The van der Waals surface area contributed by atoms with Crippen LogP contribution < -0.4 is 5.32 Å². The molecule has 0 aromatic carbocycles. The van der Waals surface area contributed by atoms with E-state index in [9.17, 15) is 19.2 Å². The van der Waals surface area contributed by atoms with Crippen molar-refractivity contribution in [2.75, 3.05) is 13.2 Å². The SMILES string of the molecule is C[C@H]1CCCC[C@@H]1NC(=O)COC(=O)CCN1C(=O)[C@H]2CCCC[C@H]2C1=O. The Morgan fingerprint density at radius 1 is 1.00 bits per heavy atom. The fourth-order valence-corrected chi connectivity index (χ4v) is 4.65. The first-order chi connectivity index (χ1) is 13.0. The maximum absolute atomic E-state index is 12.4. The van der Waals surface area contributed by atoms with Gasteiger partial charge in [0.1, 0.15) is 0 Å². The van der Waals surface area contributed by atoms with Crippen LogP contribution in [0.4, 0.5) is 0 Å². The van der Waals surface area contributed by atoms with Crippen LogP contribution in [0.3, 0.4) is 0 Å². The van der Waals surface area contributed by atoms with Crippen molar-refractivity contribution in [3.8, 4) is 0 Å². The smallest absolute Gasteiger partial charge is 0.308 e. The van der Waals surface area contributed by atoms with E-state index in [1.165, 1.54) is 11.3 Å². The molecule has 1 N–H and O–H groups in total. The van der Waals surface area contributed by atoms with Crippen LogP contribution in [0.15, 0.2) is 0 Å². The molecule has 1 aliphatic heterocycles. The minimum atomic E-state index is -0.558. The molecule has 0 spiro atoms. The Morgan fingerprint density at radius 2 is 1.59 bits per heavy atom. The Kier molecular flexibility index (Phi) is 6.50. The van der Waals surface area contributed by atoms with E-state index in [1.807, 2.05) is 0 Å². The fraction of sp³-hybridized carbons (Fsp3) is 0.800. The maximum Gasteiger partial charge on any atom is 0.308 e. The summed E-state index contributed by atoms with van der Waals surface area (Å²) in [6, 6.07) is 0.146. The molecule has 3 rings (SSSR count). The van der Waals surface area contributed by atoms with Gasteiger partial charge in [0, 0.05) is 12.6 Å². The number of rotatable bonds is 6. The third-order valence-electron chi connectivity index (χ3n) is 6.29. The monoisotopic (exact) mass is 378 g/mol. The van der Waals surface area contributed by atoms with Gasteiger partial charge in [-0.15, -0.1) is 0 Å². The zero-order chi connectivity index (χ0) is 19.4. The number of amides is 3. The largest absolute Gasteiger partial charge is 0.456 e. The number of likely N-dealkylation sites (tertiary alicyclic amines) is 1. The van der Waals surface area contributed by atoms with Crippen LogP contribution in [0.1, 0.15) is 64.7 Å². The van der Waals surface area contributed by atoms with E-state index in [4.69, 9.17) is 4.74 Å². The molecule has 0 unspecified atom stereocenters. The van der Waals surface area contributed by atoms with Gasteiger partial charge in [0.05, 0.1) is 18.3 Å².